The Morgan fingerprint density at radius 2 is 1.32 bits per heavy atom. The fourth-order valence-electron chi connectivity index (χ4n) is 3.50. The minimum absolute atomic E-state index is 0.0694. The lowest BCUT2D eigenvalue weighted by molar-refractivity contribution is -0.864. The van der Waals surface area contributed by atoms with Crippen molar-refractivity contribution >= 4 is 11.9 Å². The lowest BCUT2D eigenvalue weighted by atomic mass is 10.0. The second kappa shape index (κ2) is 18.4. The number of unbranched alkanes of at least 4 members (excludes halogenated alkanes) is 9. The van der Waals surface area contributed by atoms with Crippen LogP contribution in [-0.4, -0.2) is 80.4 Å². The number of carboxylic acids is 2. The molecule has 0 aliphatic heterocycles. The van der Waals surface area contributed by atoms with Gasteiger partial charge in [0.2, 0.25) is 0 Å². The minimum Gasteiger partial charge on any atom is -0.544 e. The average Bonchev–Trinajstić information content (AvgIpc) is 2.63. The van der Waals surface area contributed by atoms with E-state index in [1.807, 2.05) is 21.0 Å². The van der Waals surface area contributed by atoms with Crippen LogP contribution in [0.25, 0.3) is 0 Å². The Morgan fingerprint density at radius 3 is 1.61 bits per heavy atom. The van der Waals surface area contributed by atoms with E-state index < -0.39 is 17.6 Å². The Labute approximate surface area is 191 Å². The number of hydrogen-bond acceptors (Lipinski definition) is 5. The molecule has 0 bridgehead atoms. The number of quaternary nitrogens is 1. The Kier molecular flexibility index (Phi) is 19.0. The number of carboxylic acid groups (broad SMARTS) is 2. The summed E-state index contributed by atoms with van der Waals surface area (Å²) in [6.45, 7) is 5.13. The van der Waals surface area contributed by atoms with Crippen LogP contribution in [0.5, 0.6) is 0 Å². The number of likely N-dealkylation sites (N-methyl/N-ethyl adjacent to an activating group) is 2. The third-order valence-electron chi connectivity index (χ3n) is 5.28. The Hall–Kier alpha value is -1.18. The zero-order valence-corrected chi connectivity index (χ0v) is 21.5. The Morgan fingerprint density at radius 1 is 0.871 bits per heavy atom. The molecule has 7 nitrogen and oxygen atoms in total. The maximum Gasteiger partial charge on any atom is 0.339 e. The highest BCUT2D eigenvalue weighted by atomic mass is 16.4. The van der Waals surface area contributed by atoms with Gasteiger partial charge in [-0.3, -0.25) is 10.2 Å². The van der Waals surface area contributed by atoms with Gasteiger partial charge in [-0.2, -0.15) is 0 Å². The molecule has 1 unspecified atom stereocenters. The van der Waals surface area contributed by atoms with E-state index in [0.717, 1.165) is 19.4 Å². The van der Waals surface area contributed by atoms with Gasteiger partial charge in [0, 0.05) is 0 Å². The van der Waals surface area contributed by atoms with E-state index in [9.17, 15) is 19.8 Å². The van der Waals surface area contributed by atoms with Gasteiger partial charge in [0.25, 0.3) is 0 Å². The summed E-state index contributed by atoms with van der Waals surface area (Å²) < 4.78 is 0.419. The van der Waals surface area contributed by atoms with Crippen LogP contribution < -0.4 is 10.4 Å². The van der Waals surface area contributed by atoms with Crippen LogP contribution in [0.2, 0.25) is 0 Å². The fourth-order valence-corrected chi connectivity index (χ4v) is 3.50. The molecule has 0 aliphatic carbocycles. The van der Waals surface area contributed by atoms with E-state index >= 15 is 0 Å². The van der Waals surface area contributed by atoms with Gasteiger partial charge in [-0.25, -0.2) is 4.79 Å². The van der Waals surface area contributed by atoms with Gasteiger partial charge < -0.3 is 19.5 Å². The predicted molar refractivity (Wildman–Crippen MR) is 127 cm³/mol. The summed E-state index contributed by atoms with van der Waals surface area (Å²) in [7, 11) is 9.09. The molecule has 0 aromatic rings. The summed E-state index contributed by atoms with van der Waals surface area (Å²) in [5.74, 6) is -1.77. The quantitative estimate of drug-likeness (QED) is 0.191. The fraction of sp³-hybridized carbons (Fsp3) is 0.917. The van der Waals surface area contributed by atoms with Gasteiger partial charge >= 0.3 is 5.97 Å². The third kappa shape index (κ3) is 18.1. The average molecular weight is 446 g/mol. The van der Waals surface area contributed by atoms with E-state index in [4.69, 9.17) is 0 Å². The molecule has 2 N–H and O–H groups in total. The predicted octanol–water partition coefficient (Wildman–Crippen LogP) is 3.08. The second-order valence-corrected chi connectivity index (χ2v) is 9.74. The lowest BCUT2D eigenvalue weighted by Gasteiger charge is -2.36. The van der Waals surface area contributed by atoms with Crippen molar-refractivity contribution in [2.75, 3.05) is 48.3 Å². The van der Waals surface area contributed by atoms with Crippen LogP contribution in [0, 0.1) is 0 Å². The Bertz CT molecular complexity index is 464. The van der Waals surface area contributed by atoms with Crippen molar-refractivity contribution in [2.45, 2.75) is 96.6 Å². The second-order valence-electron chi connectivity index (χ2n) is 9.74. The summed E-state index contributed by atoms with van der Waals surface area (Å²) in [4.78, 5) is 23.4. The number of nitrogens with one attached hydrogen (secondary N) is 1. The van der Waals surface area contributed by atoms with Crippen molar-refractivity contribution in [3.8, 4) is 0 Å². The first-order valence-corrected chi connectivity index (χ1v) is 12.1. The van der Waals surface area contributed by atoms with Gasteiger partial charge in [0.1, 0.15) is 6.54 Å². The molecule has 0 aliphatic rings. The summed E-state index contributed by atoms with van der Waals surface area (Å²) in [5.41, 5.74) is -0.909. The van der Waals surface area contributed by atoms with E-state index in [0.29, 0.717) is 10.9 Å². The van der Waals surface area contributed by atoms with Crippen LogP contribution in [0.4, 0.5) is 0 Å². The maximum atomic E-state index is 11.7. The monoisotopic (exact) mass is 445 g/mol. The molecule has 31 heavy (non-hydrogen) atoms. The van der Waals surface area contributed by atoms with Crippen molar-refractivity contribution in [1.29, 1.82) is 0 Å². The minimum atomic E-state index is -1.00. The van der Waals surface area contributed by atoms with Crippen LogP contribution in [0.3, 0.4) is 0 Å². The molecular weight excluding hydrogens is 394 g/mol. The van der Waals surface area contributed by atoms with Gasteiger partial charge in [-0.05, 0) is 33.5 Å². The normalized spacial score (nSPS) is 13.4. The van der Waals surface area contributed by atoms with Crippen molar-refractivity contribution in [3.05, 3.63) is 0 Å². The number of aliphatic carboxylic acids is 2. The first-order chi connectivity index (χ1) is 14.4. The molecule has 0 aromatic carbocycles. The molecule has 0 amide bonds. The number of nitrogens with zero attached hydrogens (tertiary/aromatic N) is 2. The molecule has 0 saturated heterocycles. The molecule has 7 heteroatoms. The highest BCUT2D eigenvalue weighted by molar-refractivity contribution is 5.78. The van der Waals surface area contributed by atoms with E-state index in [1.165, 1.54) is 57.8 Å². The van der Waals surface area contributed by atoms with Gasteiger partial charge in [0.05, 0.1) is 27.1 Å². The number of rotatable bonds is 18. The summed E-state index contributed by atoms with van der Waals surface area (Å²) in [6, 6.07) is 0. The first kappa shape index (κ1) is 32.0. The van der Waals surface area contributed by atoms with Crippen molar-refractivity contribution in [2.24, 2.45) is 0 Å². The van der Waals surface area contributed by atoms with Crippen LogP contribution in [-0.2, 0) is 9.59 Å². The van der Waals surface area contributed by atoms with Crippen LogP contribution >= 0.6 is 0 Å². The zero-order chi connectivity index (χ0) is 24.3. The van der Waals surface area contributed by atoms with Gasteiger partial charge in [-0.1, -0.05) is 78.1 Å². The van der Waals surface area contributed by atoms with Crippen LogP contribution in [0.1, 0.15) is 90.9 Å². The smallest absolute Gasteiger partial charge is 0.339 e. The maximum absolute atomic E-state index is 11.7. The molecule has 0 radical (unpaired) electrons. The number of hydrogen-bond donors (Lipinski definition) is 2. The highest BCUT2D eigenvalue weighted by Gasteiger charge is 2.39. The topological polar surface area (TPSA) is 92.7 Å². The largest absolute Gasteiger partial charge is 0.544 e. The molecule has 0 rings (SSSR count). The van der Waals surface area contributed by atoms with E-state index in [-0.39, 0.29) is 6.54 Å². The van der Waals surface area contributed by atoms with Crippen molar-refractivity contribution < 1.29 is 24.3 Å². The van der Waals surface area contributed by atoms with E-state index in [1.54, 1.807) is 26.0 Å². The van der Waals surface area contributed by atoms with E-state index in [2.05, 4.69) is 12.2 Å². The van der Waals surface area contributed by atoms with Gasteiger partial charge in [-0.15, -0.1) is 0 Å². The highest BCUT2D eigenvalue weighted by Crippen LogP contribution is 2.17. The van der Waals surface area contributed by atoms with Crippen molar-refractivity contribution in [3.63, 3.8) is 0 Å². The molecule has 186 valence electrons. The summed E-state index contributed by atoms with van der Waals surface area (Å²) in [5, 5.41) is 22.8. The molecule has 0 fully saturated rings. The SMILES string of the molecule is CCCCCCCCCCCCNC(CCC)(C(=O)O)N(C)C.C[N+](C)(C)CC(=O)[O-]. The van der Waals surface area contributed by atoms with Crippen molar-refractivity contribution in [1.82, 2.24) is 10.2 Å². The molecule has 0 spiro atoms. The third-order valence-corrected chi connectivity index (χ3v) is 5.28. The number of carbonyl (C=O) groups excluding carboxylic acids is 1. The lowest BCUT2D eigenvalue weighted by Crippen LogP contribution is -2.61. The molecular formula is C24H51N3O4. The molecule has 0 heterocycles. The first-order valence-electron chi connectivity index (χ1n) is 12.1. The zero-order valence-electron chi connectivity index (χ0n) is 21.5. The summed E-state index contributed by atoms with van der Waals surface area (Å²) in [6.07, 6.45) is 14.5. The van der Waals surface area contributed by atoms with Crippen LogP contribution in [0.15, 0.2) is 0 Å². The van der Waals surface area contributed by atoms with Gasteiger partial charge in [0.15, 0.2) is 5.66 Å². The molecule has 0 aromatic heterocycles. The summed E-state index contributed by atoms with van der Waals surface area (Å²) >= 11 is 0. The molecule has 0 saturated carbocycles. The molecule has 1 atom stereocenters. The standard InChI is InChI=1S/C19H40N2O2.C5H11NO2/c1-5-7-8-9-10-11-12-13-14-15-17-20-19(16-6-2,18(22)23)21(3)4;1-6(2,3)4-5(7)8/h20H,5-17H2,1-4H3,(H,22,23);4H2,1-3H3. The Balaban J connectivity index is 0. The number of carbonyl (C=O) groups is 2.